The van der Waals surface area contributed by atoms with Gasteiger partial charge in [0.1, 0.15) is 17.3 Å². The van der Waals surface area contributed by atoms with Crippen molar-refractivity contribution in [2.75, 3.05) is 25.1 Å². The average Bonchev–Trinajstić information content (AvgIpc) is 3.45. The largest absolute Gasteiger partial charge is 0.456 e. The summed E-state index contributed by atoms with van der Waals surface area (Å²) in [4.78, 5) is 14.3. The van der Waals surface area contributed by atoms with Crippen LogP contribution in [0.15, 0.2) is 42.6 Å². The molecule has 0 bridgehead atoms. The molecule has 2 aromatic carbocycles. The maximum Gasteiger partial charge on any atom is 0.414 e. The molecule has 1 saturated heterocycles. The summed E-state index contributed by atoms with van der Waals surface area (Å²) in [5.74, 6) is 2.50. The van der Waals surface area contributed by atoms with Gasteiger partial charge in [-0.3, -0.25) is 4.90 Å². The molecule has 2 aliphatic heterocycles. The number of carbonyl (C=O) groups is 1. The van der Waals surface area contributed by atoms with Crippen molar-refractivity contribution in [3.8, 4) is 11.5 Å². The fraction of sp³-hybridized carbons (Fsp3) is 0.464. The fourth-order valence-corrected chi connectivity index (χ4v) is 5.85. The Bertz CT molecular complexity index is 1110. The van der Waals surface area contributed by atoms with E-state index in [-0.39, 0.29) is 18.0 Å². The molecular formula is C28H34FN3O3. The van der Waals surface area contributed by atoms with E-state index >= 15 is 0 Å². The van der Waals surface area contributed by atoms with Crippen LogP contribution in [-0.4, -0.2) is 38.4 Å². The monoisotopic (exact) mass is 479 g/mol. The molecule has 5 rings (SSSR count). The Balaban J connectivity index is 1.48. The summed E-state index contributed by atoms with van der Waals surface area (Å²) in [6.07, 6.45) is 5.67. The lowest BCUT2D eigenvalue weighted by molar-refractivity contribution is 0.175. The van der Waals surface area contributed by atoms with Crippen LogP contribution in [0.5, 0.6) is 11.5 Å². The maximum atomic E-state index is 13.5. The van der Waals surface area contributed by atoms with Gasteiger partial charge in [-0.1, -0.05) is 0 Å². The Labute approximate surface area is 206 Å². The molecule has 2 heterocycles. The van der Waals surface area contributed by atoms with E-state index in [9.17, 15) is 9.18 Å². The van der Waals surface area contributed by atoms with E-state index in [4.69, 9.17) is 9.47 Å². The summed E-state index contributed by atoms with van der Waals surface area (Å²) in [5.41, 5.74) is 3.78. The van der Waals surface area contributed by atoms with E-state index in [1.54, 1.807) is 17.0 Å². The fourth-order valence-electron chi connectivity index (χ4n) is 5.85. The summed E-state index contributed by atoms with van der Waals surface area (Å²) >= 11 is 0. The van der Waals surface area contributed by atoms with Crippen molar-refractivity contribution in [3.63, 3.8) is 0 Å². The number of benzene rings is 2. The van der Waals surface area contributed by atoms with Crippen molar-refractivity contribution < 1.29 is 18.7 Å². The van der Waals surface area contributed by atoms with Crippen LogP contribution in [0.4, 0.5) is 14.9 Å². The van der Waals surface area contributed by atoms with Gasteiger partial charge in [0.05, 0.1) is 12.8 Å². The minimum Gasteiger partial charge on any atom is -0.456 e. The highest BCUT2D eigenvalue weighted by Crippen LogP contribution is 2.43. The van der Waals surface area contributed by atoms with Gasteiger partial charge < -0.3 is 20.1 Å². The second kappa shape index (κ2) is 9.90. The van der Waals surface area contributed by atoms with E-state index in [0.717, 1.165) is 60.2 Å². The molecule has 3 atom stereocenters. The van der Waals surface area contributed by atoms with Crippen molar-refractivity contribution in [2.24, 2.45) is 11.8 Å². The zero-order valence-electron chi connectivity index (χ0n) is 20.6. The summed E-state index contributed by atoms with van der Waals surface area (Å²) in [6, 6.07) is 10.5. The van der Waals surface area contributed by atoms with Gasteiger partial charge in [0.2, 0.25) is 0 Å². The van der Waals surface area contributed by atoms with Crippen LogP contribution in [0.3, 0.4) is 0 Å². The second-order valence-electron chi connectivity index (χ2n) is 10.1. The highest BCUT2D eigenvalue weighted by Gasteiger charge is 2.37. The number of halogens is 1. The molecule has 2 unspecified atom stereocenters. The maximum absolute atomic E-state index is 13.5. The smallest absolute Gasteiger partial charge is 0.414 e. The third-order valence-electron chi connectivity index (χ3n) is 7.77. The molecule has 0 radical (unpaired) electrons. The molecule has 0 aromatic heterocycles. The van der Waals surface area contributed by atoms with Crippen LogP contribution in [0, 0.1) is 17.7 Å². The van der Waals surface area contributed by atoms with Crippen LogP contribution in [-0.2, 0) is 11.2 Å². The number of allylic oxidation sites excluding steroid dienone is 1. The molecule has 2 fully saturated rings. The molecular weight excluding hydrogens is 445 g/mol. The first kappa shape index (κ1) is 23.7. The Hall–Kier alpha value is -3.06. The van der Waals surface area contributed by atoms with E-state index in [1.807, 2.05) is 19.1 Å². The number of hydrogen-bond acceptors (Lipinski definition) is 5. The topological polar surface area (TPSA) is 62.8 Å². The molecule has 1 aliphatic carbocycles. The van der Waals surface area contributed by atoms with Gasteiger partial charge in [0, 0.05) is 29.4 Å². The van der Waals surface area contributed by atoms with Gasteiger partial charge in [-0.2, -0.15) is 0 Å². The van der Waals surface area contributed by atoms with Crippen molar-refractivity contribution in [3.05, 3.63) is 59.5 Å². The molecule has 2 N–H and O–H groups in total. The molecule has 1 saturated carbocycles. The molecule has 0 spiro atoms. The van der Waals surface area contributed by atoms with Gasteiger partial charge in [0.15, 0.2) is 0 Å². The number of methoxy groups -OCH3 is 1. The Morgan fingerprint density at radius 1 is 1.14 bits per heavy atom. The minimum absolute atomic E-state index is 0.0223. The summed E-state index contributed by atoms with van der Waals surface area (Å²) in [5, 5.41) is 7.15. The van der Waals surface area contributed by atoms with E-state index in [1.165, 1.54) is 32.1 Å². The second-order valence-corrected chi connectivity index (χ2v) is 10.1. The molecule has 1 amide bonds. The first-order valence-corrected chi connectivity index (χ1v) is 12.5. The summed E-state index contributed by atoms with van der Waals surface area (Å²) in [7, 11) is 1.40. The number of nitrogens with zero attached hydrogens (tertiary/aromatic N) is 1. The van der Waals surface area contributed by atoms with Crippen LogP contribution < -0.4 is 20.3 Å². The van der Waals surface area contributed by atoms with Gasteiger partial charge >= 0.3 is 6.09 Å². The Morgan fingerprint density at radius 2 is 1.86 bits per heavy atom. The molecule has 6 nitrogen and oxygen atoms in total. The molecule has 2 aromatic rings. The highest BCUT2D eigenvalue weighted by molar-refractivity contribution is 5.91. The molecule has 3 aliphatic rings. The van der Waals surface area contributed by atoms with E-state index < -0.39 is 0 Å². The number of carbonyl (C=O) groups excluding carboxylic acids is 1. The lowest BCUT2D eigenvalue weighted by Gasteiger charge is -2.35. The predicted octanol–water partition coefficient (Wildman–Crippen LogP) is 5.47. The first-order valence-electron chi connectivity index (χ1n) is 12.5. The number of amides is 1. The number of ether oxygens (including phenoxy) is 2. The Kier molecular flexibility index (Phi) is 6.69. The molecule has 186 valence electrons. The van der Waals surface area contributed by atoms with Crippen molar-refractivity contribution in [1.82, 2.24) is 10.6 Å². The number of anilines is 1. The van der Waals surface area contributed by atoms with Crippen LogP contribution in [0.2, 0.25) is 0 Å². The zero-order chi connectivity index (χ0) is 24.5. The number of nitrogens with one attached hydrogen (secondary N) is 2. The van der Waals surface area contributed by atoms with Crippen LogP contribution in [0.1, 0.15) is 44.2 Å². The summed E-state index contributed by atoms with van der Waals surface area (Å²) in [6.45, 7) is 6.35. The Morgan fingerprint density at radius 3 is 2.54 bits per heavy atom. The molecule has 7 heteroatoms. The van der Waals surface area contributed by atoms with Crippen LogP contribution in [0.25, 0.3) is 5.57 Å². The quantitative estimate of drug-likeness (QED) is 0.595. The number of rotatable bonds is 5. The normalized spacial score (nSPS) is 25.7. The van der Waals surface area contributed by atoms with Gasteiger partial charge in [-0.25, -0.2) is 9.18 Å². The number of fused-ring (bicyclic) bond motifs is 2. The van der Waals surface area contributed by atoms with E-state index in [2.05, 4.69) is 23.8 Å². The highest BCUT2D eigenvalue weighted by atomic mass is 19.1. The lowest BCUT2D eigenvalue weighted by atomic mass is 9.92. The minimum atomic E-state index is -0.380. The SMILES string of the molecule is COC(=O)N1c2ccc(/C(C)=C/NC3CC4CNCC4C3)c(Oc3ccc(F)cc3)c2CC[C@@H]1C. The molecule has 35 heavy (non-hydrogen) atoms. The average molecular weight is 480 g/mol. The predicted molar refractivity (Wildman–Crippen MR) is 135 cm³/mol. The zero-order valence-corrected chi connectivity index (χ0v) is 20.6. The number of hydrogen-bond donors (Lipinski definition) is 2. The van der Waals surface area contributed by atoms with Gasteiger partial charge in [-0.15, -0.1) is 0 Å². The van der Waals surface area contributed by atoms with Gasteiger partial charge in [0.25, 0.3) is 0 Å². The van der Waals surface area contributed by atoms with Crippen LogP contribution >= 0.6 is 0 Å². The first-order chi connectivity index (χ1) is 16.9. The van der Waals surface area contributed by atoms with Crippen molar-refractivity contribution >= 4 is 17.4 Å². The van der Waals surface area contributed by atoms with E-state index in [0.29, 0.717) is 17.5 Å². The van der Waals surface area contributed by atoms with Gasteiger partial charge in [-0.05, 0) is 106 Å². The lowest BCUT2D eigenvalue weighted by Crippen LogP contribution is -2.42. The van der Waals surface area contributed by atoms with Crippen molar-refractivity contribution in [2.45, 2.75) is 51.6 Å². The van der Waals surface area contributed by atoms with Crippen molar-refractivity contribution in [1.29, 1.82) is 0 Å². The standard InChI is InChI=1S/C28H34FN3O3/c1-17(14-31-22-12-19-15-30-16-20(19)13-22)24-10-11-26-25(9-4-18(2)32(26)28(33)34-3)27(24)35-23-7-5-21(29)6-8-23/h5-8,10-11,14,18-20,22,30-31H,4,9,12-13,15-16H2,1-3H3/b17-14+/t18-,19?,20?,22?/m0/s1. The third-order valence-corrected chi connectivity index (χ3v) is 7.77. The third kappa shape index (κ3) is 4.74. The summed E-state index contributed by atoms with van der Waals surface area (Å²) < 4.78 is 25.0.